The zero-order valence-corrected chi connectivity index (χ0v) is 9.18. The summed E-state index contributed by atoms with van der Waals surface area (Å²) in [6, 6.07) is 3.82. The number of hydrogen-bond acceptors (Lipinski definition) is 5. The number of phenolic OH excluding ortho intramolecular Hbond substituents is 1. The lowest BCUT2D eigenvalue weighted by molar-refractivity contribution is -0.132. The van der Waals surface area contributed by atoms with Crippen molar-refractivity contribution >= 4 is 5.97 Å². The third kappa shape index (κ3) is 2.95. The molecule has 5 nitrogen and oxygen atoms in total. The van der Waals surface area contributed by atoms with Crippen LogP contribution >= 0.6 is 0 Å². The molecule has 0 unspecified atom stereocenters. The van der Waals surface area contributed by atoms with Gasteiger partial charge in [-0.05, 0) is 24.6 Å². The van der Waals surface area contributed by atoms with Crippen molar-refractivity contribution < 1.29 is 19.7 Å². The van der Waals surface area contributed by atoms with E-state index in [0.717, 1.165) is 0 Å². The SMILES string of the molecule is CC(=O)Oc1ccc([C@@H](N)[C@H](C)O)cc1O. The summed E-state index contributed by atoms with van der Waals surface area (Å²) in [7, 11) is 0. The first-order valence-corrected chi connectivity index (χ1v) is 4.86. The molecule has 88 valence electrons. The topological polar surface area (TPSA) is 92.8 Å². The van der Waals surface area contributed by atoms with Crippen molar-refractivity contribution in [2.45, 2.75) is 26.0 Å². The van der Waals surface area contributed by atoms with Gasteiger partial charge in [0.05, 0.1) is 12.1 Å². The van der Waals surface area contributed by atoms with Crippen molar-refractivity contribution in [3.05, 3.63) is 23.8 Å². The maximum absolute atomic E-state index is 10.7. The monoisotopic (exact) mass is 225 g/mol. The molecule has 0 aliphatic carbocycles. The van der Waals surface area contributed by atoms with Crippen LogP contribution in [0.4, 0.5) is 0 Å². The maximum atomic E-state index is 10.7. The van der Waals surface area contributed by atoms with E-state index in [1.807, 2.05) is 0 Å². The molecule has 0 bridgehead atoms. The van der Waals surface area contributed by atoms with Crippen LogP contribution < -0.4 is 10.5 Å². The molecule has 0 aliphatic heterocycles. The number of hydrogen-bond donors (Lipinski definition) is 3. The second-order valence-corrected chi connectivity index (χ2v) is 3.59. The molecule has 0 heterocycles. The van der Waals surface area contributed by atoms with E-state index >= 15 is 0 Å². The minimum Gasteiger partial charge on any atom is -0.504 e. The molecule has 0 spiro atoms. The van der Waals surface area contributed by atoms with Gasteiger partial charge in [0.15, 0.2) is 11.5 Å². The van der Waals surface area contributed by atoms with Crippen LogP contribution in [0.2, 0.25) is 0 Å². The molecule has 0 aromatic heterocycles. The summed E-state index contributed by atoms with van der Waals surface area (Å²) in [5.74, 6) is -0.610. The summed E-state index contributed by atoms with van der Waals surface area (Å²) in [5, 5.41) is 18.8. The van der Waals surface area contributed by atoms with E-state index in [1.165, 1.54) is 19.1 Å². The number of esters is 1. The van der Waals surface area contributed by atoms with Gasteiger partial charge in [-0.1, -0.05) is 6.07 Å². The Morgan fingerprint density at radius 1 is 1.50 bits per heavy atom. The fourth-order valence-electron chi connectivity index (χ4n) is 1.26. The Kier molecular flexibility index (Phi) is 3.87. The average molecular weight is 225 g/mol. The van der Waals surface area contributed by atoms with Crippen molar-refractivity contribution in [1.82, 2.24) is 0 Å². The van der Waals surface area contributed by atoms with Crippen molar-refractivity contribution in [3.63, 3.8) is 0 Å². The average Bonchev–Trinajstić information content (AvgIpc) is 2.19. The maximum Gasteiger partial charge on any atom is 0.308 e. The van der Waals surface area contributed by atoms with E-state index in [-0.39, 0.29) is 11.5 Å². The minimum absolute atomic E-state index is 0.0778. The Balaban J connectivity index is 2.94. The summed E-state index contributed by atoms with van der Waals surface area (Å²) >= 11 is 0. The Hall–Kier alpha value is -1.59. The summed E-state index contributed by atoms with van der Waals surface area (Å²) in [4.78, 5) is 10.7. The third-order valence-corrected chi connectivity index (χ3v) is 2.14. The molecular weight excluding hydrogens is 210 g/mol. The molecule has 0 fully saturated rings. The van der Waals surface area contributed by atoms with E-state index in [4.69, 9.17) is 10.5 Å². The summed E-state index contributed by atoms with van der Waals surface area (Å²) < 4.78 is 4.75. The molecular formula is C11H15NO4. The predicted octanol–water partition coefficient (Wildman–Crippen LogP) is 0.698. The smallest absolute Gasteiger partial charge is 0.308 e. The van der Waals surface area contributed by atoms with E-state index < -0.39 is 18.1 Å². The lowest BCUT2D eigenvalue weighted by atomic mass is 10.0. The van der Waals surface area contributed by atoms with Crippen LogP contribution in [0.3, 0.4) is 0 Å². The fraction of sp³-hybridized carbons (Fsp3) is 0.364. The molecule has 4 N–H and O–H groups in total. The van der Waals surface area contributed by atoms with Crippen LogP contribution in [-0.4, -0.2) is 22.3 Å². The van der Waals surface area contributed by atoms with Crippen molar-refractivity contribution in [2.75, 3.05) is 0 Å². The van der Waals surface area contributed by atoms with E-state index in [0.29, 0.717) is 5.56 Å². The lowest BCUT2D eigenvalue weighted by Crippen LogP contribution is -2.23. The number of benzene rings is 1. The van der Waals surface area contributed by atoms with Gasteiger partial charge in [-0.3, -0.25) is 4.79 Å². The highest BCUT2D eigenvalue weighted by Gasteiger charge is 2.14. The number of rotatable bonds is 3. The lowest BCUT2D eigenvalue weighted by Gasteiger charge is -2.15. The minimum atomic E-state index is -0.723. The molecule has 0 saturated heterocycles. The van der Waals surface area contributed by atoms with Gasteiger partial charge in [0.1, 0.15) is 0 Å². The summed E-state index contributed by atoms with van der Waals surface area (Å²) in [5.41, 5.74) is 6.26. The summed E-state index contributed by atoms with van der Waals surface area (Å²) in [6.45, 7) is 2.80. The normalized spacial score (nSPS) is 14.2. The zero-order chi connectivity index (χ0) is 12.3. The van der Waals surface area contributed by atoms with E-state index in [9.17, 15) is 15.0 Å². The number of aliphatic hydroxyl groups is 1. The van der Waals surface area contributed by atoms with E-state index in [2.05, 4.69) is 0 Å². The second kappa shape index (κ2) is 4.96. The predicted molar refractivity (Wildman–Crippen MR) is 58.0 cm³/mol. The first-order chi connectivity index (χ1) is 7.41. The Bertz CT molecular complexity index is 390. The van der Waals surface area contributed by atoms with Crippen LogP contribution in [0.5, 0.6) is 11.5 Å². The number of ether oxygens (including phenoxy) is 1. The van der Waals surface area contributed by atoms with Crippen LogP contribution in [-0.2, 0) is 4.79 Å². The molecule has 1 aromatic carbocycles. The van der Waals surface area contributed by atoms with Crippen LogP contribution in [0.1, 0.15) is 25.5 Å². The van der Waals surface area contributed by atoms with Gasteiger partial charge in [-0.15, -0.1) is 0 Å². The number of phenols is 1. The Morgan fingerprint density at radius 3 is 2.56 bits per heavy atom. The molecule has 1 aromatic rings. The van der Waals surface area contributed by atoms with Crippen LogP contribution in [0, 0.1) is 0 Å². The van der Waals surface area contributed by atoms with Gasteiger partial charge in [0.2, 0.25) is 0 Å². The quantitative estimate of drug-likeness (QED) is 0.520. The fourth-order valence-corrected chi connectivity index (χ4v) is 1.26. The molecule has 0 saturated carbocycles. The molecule has 5 heteroatoms. The van der Waals surface area contributed by atoms with E-state index in [1.54, 1.807) is 13.0 Å². The second-order valence-electron chi connectivity index (χ2n) is 3.59. The first kappa shape index (κ1) is 12.5. The molecule has 1 rings (SSSR count). The van der Waals surface area contributed by atoms with Gasteiger partial charge in [-0.2, -0.15) is 0 Å². The van der Waals surface area contributed by atoms with Crippen LogP contribution in [0.15, 0.2) is 18.2 Å². The van der Waals surface area contributed by atoms with Crippen molar-refractivity contribution in [2.24, 2.45) is 5.73 Å². The highest BCUT2D eigenvalue weighted by Crippen LogP contribution is 2.29. The van der Waals surface area contributed by atoms with Gasteiger partial charge in [0.25, 0.3) is 0 Å². The molecule has 0 radical (unpaired) electrons. The Labute approximate surface area is 93.5 Å². The van der Waals surface area contributed by atoms with Crippen LogP contribution in [0.25, 0.3) is 0 Å². The number of aliphatic hydroxyl groups excluding tert-OH is 1. The first-order valence-electron chi connectivity index (χ1n) is 4.86. The molecule has 16 heavy (non-hydrogen) atoms. The highest BCUT2D eigenvalue weighted by atomic mass is 16.5. The largest absolute Gasteiger partial charge is 0.504 e. The molecule has 2 atom stereocenters. The van der Waals surface area contributed by atoms with Gasteiger partial charge >= 0.3 is 5.97 Å². The highest BCUT2D eigenvalue weighted by molar-refractivity contribution is 5.70. The summed E-state index contributed by atoms with van der Waals surface area (Å²) in [6.07, 6.45) is -0.723. The standard InChI is InChI=1S/C11H15NO4/c1-6(13)11(12)8-3-4-10(9(15)5-8)16-7(2)14/h3-6,11,13,15H,12H2,1-2H3/t6-,11-/m0/s1. The number of aromatic hydroxyl groups is 1. The third-order valence-electron chi connectivity index (χ3n) is 2.14. The zero-order valence-electron chi connectivity index (χ0n) is 9.18. The Morgan fingerprint density at radius 2 is 2.12 bits per heavy atom. The number of carbonyl (C=O) groups is 1. The van der Waals surface area contributed by atoms with Crippen molar-refractivity contribution in [1.29, 1.82) is 0 Å². The molecule has 0 amide bonds. The van der Waals surface area contributed by atoms with Gasteiger partial charge in [0, 0.05) is 6.92 Å². The number of carbonyl (C=O) groups excluding carboxylic acids is 1. The van der Waals surface area contributed by atoms with Crippen molar-refractivity contribution in [3.8, 4) is 11.5 Å². The molecule has 0 aliphatic rings. The van der Waals surface area contributed by atoms with Gasteiger partial charge in [-0.25, -0.2) is 0 Å². The van der Waals surface area contributed by atoms with Gasteiger partial charge < -0.3 is 20.7 Å². The number of nitrogens with two attached hydrogens (primary N) is 1.